The normalized spacial score (nSPS) is 29.4. The van der Waals surface area contributed by atoms with Crippen LogP contribution in [0.1, 0.15) is 39.5 Å². The highest BCUT2D eigenvalue weighted by Gasteiger charge is 2.54. The van der Waals surface area contributed by atoms with Gasteiger partial charge in [-0.05, 0) is 12.3 Å². The van der Waals surface area contributed by atoms with Crippen molar-refractivity contribution in [3.63, 3.8) is 0 Å². The molecule has 4 nitrogen and oxygen atoms in total. The van der Waals surface area contributed by atoms with Crippen LogP contribution in [0.5, 0.6) is 0 Å². The minimum atomic E-state index is -5.53. The van der Waals surface area contributed by atoms with Gasteiger partial charge in [0.1, 0.15) is 19.6 Å². The van der Waals surface area contributed by atoms with Crippen molar-refractivity contribution in [2.24, 2.45) is 5.92 Å². The van der Waals surface area contributed by atoms with E-state index < -0.39 is 20.3 Å². The molecule has 19 heavy (non-hydrogen) atoms. The van der Waals surface area contributed by atoms with Gasteiger partial charge in [0.25, 0.3) is 0 Å². The maximum Gasteiger partial charge on any atom is 0.528 e. The number of rotatable bonds is 5. The highest BCUT2D eigenvalue weighted by Crippen LogP contribution is 2.32. The highest BCUT2D eigenvalue weighted by molar-refractivity contribution is 7.87. The number of hydrogen-bond donors (Lipinski definition) is 0. The molecule has 1 aliphatic heterocycles. The summed E-state index contributed by atoms with van der Waals surface area (Å²) in [5.41, 5.74) is -5.35. The summed E-state index contributed by atoms with van der Waals surface area (Å²) in [6, 6.07) is 0. The third-order valence-electron chi connectivity index (χ3n) is 3.52. The fraction of sp³-hybridized carbons (Fsp3) is 1.00. The minimum absolute atomic E-state index is 0.304. The van der Waals surface area contributed by atoms with E-state index in [1.165, 1.54) is 0 Å². The molecule has 0 radical (unpaired) electrons. The van der Waals surface area contributed by atoms with Gasteiger partial charge in [-0.3, -0.25) is 0 Å². The van der Waals surface area contributed by atoms with Crippen LogP contribution in [-0.2, 0) is 14.4 Å². The molecule has 0 bridgehead atoms. The molecule has 114 valence electrons. The molecule has 0 aromatic heterocycles. The van der Waals surface area contributed by atoms with E-state index in [0.717, 1.165) is 6.42 Å². The highest BCUT2D eigenvalue weighted by atomic mass is 32.2. The SMILES string of the molecule is CCCC[N+]1(OS(=O)(=O)C(F)(F)F)CCC(C)CC1. The fourth-order valence-electron chi connectivity index (χ4n) is 2.20. The van der Waals surface area contributed by atoms with Crippen LogP contribution in [-0.4, -0.2) is 38.2 Å². The Morgan fingerprint density at radius 1 is 1.26 bits per heavy atom. The van der Waals surface area contributed by atoms with Gasteiger partial charge < -0.3 is 0 Å². The van der Waals surface area contributed by atoms with Crippen molar-refractivity contribution in [2.75, 3.05) is 19.6 Å². The lowest BCUT2D eigenvalue weighted by Gasteiger charge is -2.38. The molecule has 8 heteroatoms. The van der Waals surface area contributed by atoms with Crippen LogP contribution in [0.15, 0.2) is 0 Å². The number of hydrogen-bond acceptors (Lipinski definition) is 3. The summed E-state index contributed by atoms with van der Waals surface area (Å²) < 4.78 is 63.9. The molecular weight excluding hydrogens is 283 g/mol. The second-order valence-corrected chi connectivity index (χ2v) is 6.76. The topological polar surface area (TPSA) is 43.4 Å². The lowest BCUT2D eigenvalue weighted by Crippen LogP contribution is -2.55. The largest absolute Gasteiger partial charge is 0.528 e. The zero-order valence-electron chi connectivity index (χ0n) is 11.2. The number of alkyl halides is 3. The Morgan fingerprint density at radius 3 is 2.21 bits per heavy atom. The minimum Gasteiger partial charge on any atom is -0.185 e. The van der Waals surface area contributed by atoms with E-state index >= 15 is 0 Å². The van der Waals surface area contributed by atoms with Crippen LogP contribution in [0, 0.1) is 5.92 Å². The molecule has 1 fully saturated rings. The molecule has 0 aliphatic carbocycles. The van der Waals surface area contributed by atoms with Crippen LogP contribution in [0.3, 0.4) is 0 Å². The summed E-state index contributed by atoms with van der Waals surface area (Å²) in [7, 11) is -5.53. The van der Waals surface area contributed by atoms with Gasteiger partial charge in [0.15, 0.2) is 0 Å². The number of likely N-dealkylation sites (tertiary alicyclic amines) is 1. The van der Waals surface area contributed by atoms with Gasteiger partial charge in [-0.2, -0.15) is 26.2 Å². The molecule has 1 aliphatic rings. The quantitative estimate of drug-likeness (QED) is 0.579. The van der Waals surface area contributed by atoms with Crippen molar-refractivity contribution in [3.8, 4) is 0 Å². The Morgan fingerprint density at radius 2 is 1.79 bits per heavy atom. The number of quaternary nitrogens is 1. The van der Waals surface area contributed by atoms with Gasteiger partial charge >= 0.3 is 15.6 Å². The number of halogens is 3. The third kappa shape index (κ3) is 4.32. The summed E-state index contributed by atoms with van der Waals surface area (Å²) in [5, 5.41) is 0. The molecule has 0 atom stereocenters. The first-order valence-electron chi connectivity index (χ1n) is 6.50. The Kier molecular flexibility index (Phi) is 5.25. The number of unbranched alkanes of at least 4 members (excludes halogenated alkanes) is 1. The number of hydroxylamine groups is 3. The Balaban J connectivity index is 2.87. The van der Waals surface area contributed by atoms with Crippen molar-refractivity contribution in [1.29, 1.82) is 0 Å². The van der Waals surface area contributed by atoms with Gasteiger partial charge in [-0.1, -0.05) is 24.6 Å². The summed E-state index contributed by atoms with van der Waals surface area (Å²) in [5.74, 6) is 0.394. The lowest BCUT2D eigenvalue weighted by atomic mass is 9.98. The standard InChI is InChI=1S/C11H21F3NO3S/c1-3-4-7-15(8-5-10(2)6-9-15)18-19(16,17)11(12,13)14/h10H,3-9H2,1-2H3/q+1. The van der Waals surface area contributed by atoms with E-state index in [9.17, 15) is 21.6 Å². The first-order valence-corrected chi connectivity index (χ1v) is 7.91. The Labute approximate surface area is 112 Å². The van der Waals surface area contributed by atoms with Crippen LogP contribution < -0.4 is 0 Å². The van der Waals surface area contributed by atoms with E-state index in [0.29, 0.717) is 44.8 Å². The molecule has 0 aromatic rings. The Bertz CT molecular complexity index is 381. The molecule has 0 saturated carbocycles. The summed E-state index contributed by atoms with van der Waals surface area (Å²) in [6.07, 6.45) is 2.78. The number of piperidine rings is 1. The third-order valence-corrected chi connectivity index (χ3v) is 4.60. The fourth-order valence-corrected chi connectivity index (χ4v) is 2.92. The Hall–Kier alpha value is -0.340. The molecule has 0 aromatic carbocycles. The van der Waals surface area contributed by atoms with Crippen molar-refractivity contribution in [1.82, 2.24) is 0 Å². The van der Waals surface area contributed by atoms with Crippen LogP contribution in [0.25, 0.3) is 0 Å². The smallest absolute Gasteiger partial charge is 0.185 e. The zero-order valence-corrected chi connectivity index (χ0v) is 12.1. The second-order valence-electron chi connectivity index (χ2n) is 5.24. The summed E-state index contributed by atoms with van der Waals surface area (Å²) >= 11 is 0. The predicted octanol–water partition coefficient (Wildman–Crippen LogP) is 2.81. The second kappa shape index (κ2) is 5.97. The molecule has 0 N–H and O–H groups in total. The average molecular weight is 304 g/mol. The molecule has 0 amide bonds. The van der Waals surface area contributed by atoms with Crippen molar-refractivity contribution < 1.29 is 30.5 Å². The summed E-state index contributed by atoms with van der Waals surface area (Å²) in [6.45, 7) is 4.85. The van der Waals surface area contributed by atoms with E-state index in [2.05, 4.69) is 4.28 Å². The molecular formula is C11H21F3NO3S+. The van der Waals surface area contributed by atoms with E-state index in [1.807, 2.05) is 13.8 Å². The van der Waals surface area contributed by atoms with Crippen LogP contribution in [0.2, 0.25) is 0 Å². The van der Waals surface area contributed by atoms with E-state index in [1.54, 1.807) is 0 Å². The first-order chi connectivity index (χ1) is 8.62. The summed E-state index contributed by atoms with van der Waals surface area (Å²) in [4.78, 5) is 0. The number of nitrogens with zero attached hydrogens (tertiary/aromatic N) is 1. The van der Waals surface area contributed by atoms with E-state index in [-0.39, 0.29) is 0 Å². The predicted molar refractivity (Wildman–Crippen MR) is 64.2 cm³/mol. The monoisotopic (exact) mass is 304 g/mol. The van der Waals surface area contributed by atoms with E-state index in [4.69, 9.17) is 0 Å². The van der Waals surface area contributed by atoms with Crippen LogP contribution >= 0.6 is 0 Å². The van der Waals surface area contributed by atoms with Crippen LogP contribution in [0.4, 0.5) is 13.2 Å². The molecule has 0 spiro atoms. The maximum absolute atomic E-state index is 12.4. The molecule has 0 unspecified atom stereocenters. The van der Waals surface area contributed by atoms with Gasteiger partial charge in [-0.25, -0.2) is 0 Å². The van der Waals surface area contributed by atoms with Gasteiger partial charge in [0.05, 0.1) is 0 Å². The molecule has 1 rings (SSSR count). The average Bonchev–Trinajstić information content (AvgIpc) is 2.28. The van der Waals surface area contributed by atoms with Crippen molar-refractivity contribution in [2.45, 2.75) is 45.0 Å². The first kappa shape index (κ1) is 16.7. The zero-order chi connectivity index (χ0) is 14.7. The molecule has 1 saturated heterocycles. The van der Waals surface area contributed by atoms with Gasteiger partial charge in [0.2, 0.25) is 0 Å². The van der Waals surface area contributed by atoms with Gasteiger partial charge in [-0.15, -0.1) is 0 Å². The van der Waals surface area contributed by atoms with Crippen molar-refractivity contribution in [3.05, 3.63) is 0 Å². The lowest BCUT2D eigenvalue weighted by molar-refractivity contribution is -1.08. The molecule has 1 heterocycles. The maximum atomic E-state index is 12.4. The van der Waals surface area contributed by atoms with Crippen molar-refractivity contribution >= 4 is 10.1 Å². The van der Waals surface area contributed by atoms with Gasteiger partial charge in [0, 0.05) is 12.8 Å².